The number of hydrogen-bond acceptors (Lipinski definition) is 18. The number of nitrogens with zero attached hydrogens (tertiary/aromatic N) is 1. The molecule has 0 aliphatic carbocycles. The van der Waals surface area contributed by atoms with Gasteiger partial charge in [-0.05, 0) is 142 Å². The summed E-state index contributed by atoms with van der Waals surface area (Å²) in [6.07, 6.45) is 12.2. The molecule has 0 unspecified atom stereocenters. The molecule has 22 heteroatoms. The zero-order valence-corrected chi connectivity index (χ0v) is 54.2. The molecule has 0 bridgehead atoms. The summed E-state index contributed by atoms with van der Waals surface area (Å²) in [5, 5.41) is 8.29. The largest absolute Gasteiger partial charge is 0.460 e. The number of carbonyl (C=O) groups excluding carboxylic acids is 12. The van der Waals surface area contributed by atoms with E-state index in [1.165, 1.54) is 32.1 Å². The number of ether oxygens (including phenoxy) is 5. The lowest BCUT2D eigenvalue weighted by Crippen LogP contribution is -2.47. The quantitative estimate of drug-likeness (QED) is 0.0223. The highest BCUT2D eigenvalue weighted by atomic mass is 16.7. The number of imide groups is 1. The molecule has 1 fully saturated rings. The Morgan fingerprint density at radius 1 is 0.365 bits per heavy atom. The monoisotopic (exact) mass is 1210 g/mol. The highest BCUT2D eigenvalue weighted by Crippen LogP contribution is 2.23. The molecule has 1 rings (SSSR count). The number of hydrogen-bond donors (Lipinski definition) is 3. The number of carbonyl (C=O) groups is 12. The number of esters is 5. The molecule has 1 aliphatic rings. The van der Waals surface area contributed by atoms with Crippen molar-refractivity contribution in [1.82, 2.24) is 21.0 Å². The van der Waals surface area contributed by atoms with Crippen molar-refractivity contribution >= 4 is 71.1 Å². The zero-order valence-electron chi connectivity index (χ0n) is 54.2. The second kappa shape index (κ2) is 37.6. The fourth-order valence-corrected chi connectivity index (χ4v) is 8.75. The van der Waals surface area contributed by atoms with E-state index in [0.29, 0.717) is 17.9 Å². The third-order valence-corrected chi connectivity index (χ3v) is 12.7. The molecule has 0 saturated carbocycles. The Bertz CT molecular complexity index is 2190. The molecule has 5 amide bonds. The maximum Gasteiger partial charge on any atom is 0.333 e. The standard InChI is InChI=1S/C63H106N4O18/c1-59(2,3)80-53(74)31-29-27-25-23-21-19-17-16-18-20-22-24-26-28-30-48(69)64-46(57(78)83-62(10,11)12)35-37-50(71)66-47(58(79)84-63(13,14)15)36-38-49(70)65-45(56(77)82-61(7,8)9)34-33-44(68)42-43(55(76)81-60(4,5)6)32-41-54(75)85-67-51(72)39-40-52(67)73/h43,45-47H,16-42H2,1-15H3,(H,64,69)(H,65,70)(H,66,71)/t43-,45+,46+,47+/m1/s1. The highest BCUT2D eigenvalue weighted by molar-refractivity contribution is 6.01. The Morgan fingerprint density at radius 3 is 1.02 bits per heavy atom. The van der Waals surface area contributed by atoms with Gasteiger partial charge < -0.3 is 44.5 Å². The van der Waals surface area contributed by atoms with Crippen LogP contribution in [-0.2, 0) is 86.1 Å². The van der Waals surface area contributed by atoms with E-state index in [2.05, 4.69) is 16.0 Å². The van der Waals surface area contributed by atoms with Gasteiger partial charge in [0.25, 0.3) is 11.8 Å². The minimum Gasteiger partial charge on any atom is -0.460 e. The van der Waals surface area contributed by atoms with Gasteiger partial charge in [0.1, 0.15) is 51.9 Å². The van der Waals surface area contributed by atoms with Crippen molar-refractivity contribution in [3.05, 3.63) is 0 Å². The Balaban J connectivity index is 2.89. The van der Waals surface area contributed by atoms with E-state index in [9.17, 15) is 57.5 Å². The number of rotatable bonds is 39. The van der Waals surface area contributed by atoms with Crippen LogP contribution in [0.5, 0.6) is 0 Å². The summed E-state index contributed by atoms with van der Waals surface area (Å²) in [7, 11) is 0. The molecule has 3 N–H and O–H groups in total. The summed E-state index contributed by atoms with van der Waals surface area (Å²) in [5.41, 5.74) is -4.32. The van der Waals surface area contributed by atoms with Gasteiger partial charge in [0.05, 0.1) is 5.92 Å². The Labute approximate surface area is 505 Å². The molecular formula is C63H106N4O18. The van der Waals surface area contributed by atoms with Crippen LogP contribution in [0, 0.1) is 5.92 Å². The van der Waals surface area contributed by atoms with Crippen LogP contribution in [0.15, 0.2) is 0 Å². The third kappa shape index (κ3) is 39.4. The van der Waals surface area contributed by atoms with Gasteiger partial charge in [-0.2, -0.15) is 0 Å². The molecule has 0 aromatic carbocycles. The summed E-state index contributed by atoms with van der Waals surface area (Å²) >= 11 is 0. The molecule has 22 nitrogen and oxygen atoms in total. The Kier molecular flexibility index (Phi) is 34.1. The average Bonchev–Trinajstić information content (AvgIpc) is 3.89. The number of unbranched alkanes of at least 4 members (excludes halogenated alkanes) is 13. The molecular weight excluding hydrogens is 1100 g/mol. The first kappa shape index (κ1) is 77.1. The number of Topliss-reactive ketones (excluding diaryl/α,β-unsaturated/α-hetero) is 1. The summed E-state index contributed by atoms with van der Waals surface area (Å²) in [6, 6.07) is -3.95. The summed E-state index contributed by atoms with van der Waals surface area (Å²) in [4.78, 5) is 161. The molecule has 1 aliphatic heterocycles. The van der Waals surface area contributed by atoms with Crippen molar-refractivity contribution in [2.24, 2.45) is 5.92 Å². The van der Waals surface area contributed by atoms with Gasteiger partial charge in [0.15, 0.2) is 0 Å². The van der Waals surface area contributed by atoms with Crippen LogP contribution in [0.4, 0.5) is 0 Å². The second-order valence-corrected chi connectivity index (χ2v) is 27.2. The van der Waals surface area contributed by atoms with Crippen molar-refractivity contribution in [3.63, 3.8) is 0 Å². The van der Waals surface area contributed by atoms with Crippen molar-refractivity contribution in [1.29, 1.82) is 0 Å². The van der Waals surface area contributed by atoms with Crippen LogP contribution in [-0.4, -0.2) is 122 Å². The van der Waals surface area contributed by atoms with E-state index in [-0.39, 0.29) is 69.7 Å². The lowest BCUT2D eigenvalue weighted by molar-refractivity contribution is -0.197. The van der Waals surface area contributed by atoms with E-state index < -0.39 is 131 Å². The van der Waals surface area contributed by atoms with Crippen LogP contribution >= 0.6 is 0 Å². The molecule has 85 heavy (non-hydrogen) atoms. The minimum atomic E-state index is -1.39. The normalized spacial score (nSPS) is 14.5. The zero-order chi connectivity index (χ0) is 64.8. The smallest absolute Gasteiger partial charge is 0.333 e. The number of ketones is 1. The van der Waals surface area contributed by atoms with Crippen molar-refractivity contribution in [2.75, 3.05) is 0 Å². The maximum atomic E-state index is 13.6. The SMILES string of the molecule is CC(C)(C)OC(=O)CCCCCCCCCCCCCCCCC(=O)N[C@@H](CCC(=O)N[C@@H](CCC(=O)N[C@@H](CCC(=O)C[C@@H](CCC(=O)ON1C(=O)CCC1=O)C(=O)OC(C)(C)C)C(=O)OC(C)(C)C)C(=O)OC(C)(C)C)C(=O)OC(C)(C)C. The van der Waals surface area contributed by atoms with Crippen molar-refractivity contribution in [3.8, 4) is 0 Å². The first-order valence-electron chi connectivity index (χ1n) is 30.8. The van der Waals surface area contributed by atoms with Crippen LogP contribution in [0.3, 0.4) is 0 Å². The predicted octanol–water partition coefficient (Wildman–Crippen LogP) is 9.69. The topological polar surface area (TPSA) is 300 Å². The van der Waals surface area contributed by atoms with Crippen LogP contribution < -0.4 is 16.0 Å². The second-order valence-electron chi connectivity index (χ2n) is 27.2. The third-order valence-electron chi connectivity index (χ3n) is 12.7. The molecule has 0 spiro atoms. The van der Waals surface area contributed by atoms with E-state index in [1.54, 1.807) is 83.1 Å². The fraction of sp³-hybridized carbons (Fsp3) is 0.810. The molecule has 0 aromatic heterocycles. The van der Waals surface area contributed by atoms with Gasteiger partial charge in [0.2, 0.25) is 17.7 Å². The van der Waals surface area contributed by atoms with Crippen molar-refractivity contribution in [2.45, 2.75) is 323 Å². The van der Waals surface area contributed by atoms with E-state index in [0.717, 1.165) is 51.4 Å². The van der Waals surface area contributed by atoms with E-state index in [4.69, 9.17) is 28.5 Å². The summed E-state index contributed by atoms with van der Waals surface area (Å²) in [5.74, 6) is -9.26. The molecule has 4 atom stereocenters. The summed E-state index contributed by atoms with van der Waals surface area (Å²) < 4.78 is 27.6. The number of amides is 5. The molecule has 1 heterocycles. The summed E-state index contributed by atoms with van der Waals surface area (Å²) in [6.45, 7) is 25.2. The fourth-order valence-electron chi connectivity index (χ4n) is 8.75. The molecule has 0 radical (unpaired) electrons. The lowest BCUT2D eigenvalue weighted by atomic mass is 9.94. The highest BCUT2D eigenvalue weighted by Gasteiger charge is 2.36. The first-order valence-corrected chi connectivity index (χ1v) is 30.8. The van der Waals surface area contributed by atoms with Gasteiger partial charge >= 0.3 is 35.8 Å². The molecule has 1 saturated heterocycles. The van der Waals surface area contributed by atoms with E-state index in [1.807, 2.05) is 20.8 Å². The van der Waals surface area contributed by atoms with Gasteiger partial charge in [-0.15, -0.1) is 5.06 Å². The molecule has 0 aromatic rings. The van der Waals surface area contributed by atoms with Gasteiger partial charge in [-0.1, -0.05) is 77.0 Å². The number of hydroxylamine groups is 2. The molecule has 486 valence electrons. The Hall–Kier alpha value is -5.96. The van der Waals surface area contributed by atoms with Gasteiger partial charge in [-0.3, -0.25) is 38.4 Å². The minimum absolute atomic E-state index is 0.115. The van der Waals surface area contributed by atoms with Crippen LogP contribution in [0.1, 0.15) is 277 Å². The lowest BCUT2D eigenvalue weighted by Gasteiger charge is -2.26. The number of nitrogens with one attached hydrogen (secondary N) is 3. The van der Waals surface area contributed by atoms with E-state index >= 15 is 0 Å². The maximum absolute atomic E-state index is 13.6. The van der Waals surface area contributed by atoms with Gasteiger partial charge in [0, 0.05) is 57.8 Å². The Morgan fingerprint density at radius 2 is 0.671 bits per heavy atom. The van der Waals surface area contributed by atoms with Crippen molar-refractivity contribution < 1.29 is 86.1 Å². The predicted molar refractivity (Wildman–Crippen MR) is 316 cm³/mol. The average molecular weight is 1210 g/mol. The first-order chi connectivity index (χ1) is 39.2. The van der Waals surface area contributed by atoms with Crippen LogP contribution in [0.25, 0.3) is 0 Å². The van der Waals surface area contributed by atoms with Crippen LogP contribution in [0.2, 0.25) is 0 Å². The van der Waals surface area contributed by atoms with Gasteiger partial charge in [-0.25, -0.2) is 19.2 Å².